The van der Waals surface area contributed by atoms with E-state index in [1.807, 2.05) is 0 Å². The van der Waals surface area contributed by atoms with Crippen LogP contribution in [0.25, 0.3) is 0 Å². The molecule has 1 atom stereocenters. The van der Waals surface area contributed by atoms with Gasteiger partial charge >= 0.3 is 0 Å². The van der Waals surface area contributed by atoms with E-state index in [2.05, 4.69) is 10.6 Å². The number of ether oxygens (including phenoxy) is 2. The summed E-state index contributed by atoms with van der Waals surface area (Å²) in [5.41, 5.74) is 5.65. The van der Waals surface area contributed by atoms with Crippen molar-refractivity contribution in [3.8, 4) is 11.5 Å². The Hall–Kier alpha value is -2.39. The highest BCUT2D eigenvalue weighted by Gasteiger charge is 2.23. The van der Waals surface area contributed by atoms with E-state index >= 15 is 0 Å². The SMILES string of the molecule is CNC(C)c1cc(OC)c(OCC(=O)NCCN)cc1[N+](=O)[O-]. The first-order valence-corrected chi connectivity index (χ1v) is 7.07. The van der Waals surface area contributed by atoms with Crippen molar-refractivity contribution in [2.75, 3.05) is 33.9 Å². The lowest BCUT2D eigenvalue weighted by Gasteiger charge is -2.16. The van der Waals surface area contributed by atoms with E-state index in [-0.39, 0.29) is 30.0 Å². The van der Waals surface area contributed by atoms with Crippen molar-refractivity contribution in [3.05, 3.63) is 27.8 Å². The molecule has 0 aromatic heterocycles. The van der Waals surface area contributed by atoms with Crippen molar-refractivity contribution in [2.45, 2.75) is 13.0 Å². The molecule has 0 aliphatic heterocycles. The third kappa shape index (κ3) is 5.08. The summed E-state index contributed by atoms with van der Waals surface area (Å²) in [5.74, 6) is 0.0845. The highest BCUT2D eigenvalue weighted by molar-refractivity contribution is 5.77. The van der Waals surface area contributed by atoms with E-state index in [4.69, 9.17) is 15.2 Å². The van der Waals surface area contributed by atoms with Crippen LogP contribution in [0, 0.1) is 10.1 Å². The molecule has 0 heterocycles. The van der Waals surface area contributed by atoms with Crippen molar-refractivity contribution < 1.29 is 19.2 Å². The summed E-state index contributed by atoms with van der Waals surface area (Å²) in [7, 11) is 3.13. The molecule has 1 rings (SSSR count). The van der Waals surface area contributed by atoms with Gasteiger partial charge in [0.15, 0.2) is 18.1 Å². The minimum atomic E-state index is -0.496. The fourth-order valence-electron chi connectivity index (χ4n) is 1.90. The summed E-state index contributed by atoms with van der Waals surface area (Å²) < 4.78 is 10.5. The van der Waals surface area contributed by atoms with Crippen LogP contribution < -0.4 is 25.8 Å². The molecule has 0 saturated heterocycles. The zero-order chi connectivity index (χ0) is 17.4. The molecule has 4 N–H and O–H groups in total. The number of rotatable bonds is 9. The molecular formula is C14H22N4O5. The van der Waals surface area contributed by atoms with Crippen LogP contribution in [0.1, 0.15) is 18.5 Å². The van der Waals surface area contributed by atoms with E-state index in [0.29, 0.717) is 24.4 Å². The number of nitrogens with one attached hydrogen (secondary N) is 2. The number of hydrogen-bond donors (Lipinski definition) is 3. The number of benzene rings is 1. The molecule has 0 saturated carbocycles. The number of hydrogen-bond acceptors (Lipinski definition) is 7. The summed E-state index contributed by atoms with van der Waals surface area (Å²) in [4.78, 5) is 22.3. The van der Waals surface area contributed by atoms with Gasteiger partial charge in [-0.2, -0.15) is 0 Å². The lowest BCUT2D eigenvalue weighted by atomic mass is 10.1. The lowest BCUT2D eigenvalue weighted by Crippen LogP contribution is -2.32. The first-order chi connectivity index (χ1) is 10.9. The largest absolute Gasteiger partial charge is 0.493 e. The topological polar surface area (TPSA) is 129 Å². The summed E-state index contributed by atoms with van der Waals surface area (Å²) in [5, 5.41) is 16.7. The number of nitrogens with zero attached hydrogens (tertiary/aromatic N) is 1. The second-order valence-electron chi connectivity index (χ2n) is 4.76. The van der Waals surface area contributed by atoms with Gasteiger partial charge in [0.05, 0.1) is 23.7 Å². The Balaban J connectivity index is 3.05. The zero-order valence-corrected chi connectivity index (χ0v) is 13.4. The van der Waals surface area contributed by atoms with Gasteiger partial charge < -0.3 is 25.8 Å². The second kappa shape index (κ2) is 8.91. The van der Waals surface area contributed by atoms with Gasteiger partial charge in [-0.15, -0.1) is 0 Å². The van der Waals surface area contributed by atoms with Crippen LogP contribution in [-0.2, 0) is 4.79 Å². The molecule has 1 aromatic carbocycles. The Kier molecular flexibility index (Phi) is 7.23. The molecule has 128 valence electrons. The minimum Gasteiger partial charge on any atom is -0.493 e. The quantitative estimate of drug-likeness (QED) is 0.441. The molecule has 0 aliphatic rings. The Bertz CT molecular complexity index is 564. The van der Waals surface area contributed by atoms with Gasteiger partial charge in [-0.25, -0.2) is 0 Å². The van der Waals surface area contributed by atoms with E-state index in [9.17, 15) is 14.9 Å². The fourth-order valence-corrected chi connectivity index (χ4v) is 1.90. The summed E-state index contributed by atoms with van der Waals surface area (Å²) in [6, 6.07) is 2.55. The van der Waals surface area contributed by atoms with Gasteiger partial charge in [-0.1, -0.05) is 0 Å². The van der Waals surface area contributed by atoms with Crippen molar-refractivity contribution in [2.24, 2.45) is 5.73 Å². The number of amides is 1. The fraction of sp³-hybridized carbons (Fsp3) is 0.500. The number of carbonyl (C=O) groups is 1. The van der Waals surface area contributed by atoms with E-state index in [1.165, 1.54) is 19.2 Å². The molecular weight excluding hydrogens is 304 g/mol. The van der Waals surface area contributed by atoms with Gasteiger partial charge in [-0.3, -0.25) is 14.9 Å². The van der Waals surface area contributed by atoms with Crippen molar-refractivity contribution in [1.29, 1.82) is 0 Å². The average molecular weight is 326 g/mol. The minimum absolute atomic E-state index is 0.106. The molecule has 23 heavy (non-hydrogen) atoms. The Labute approximate surface area is 134 Å². The first-order valence-electron chi connectivity index (χ1n) is 7.07. The molecule has 0 bridgehead atoms. The van der Waals surface area contributed by atoms with E-state index in [1.54, 1.807) is 14.0 Å². The molecule has 9 heteroatoms. The first kappa shape index (κ1) is 18.7. The van der Waals surface area contributed by atoms with Crippen molar-refractivity contribution in [3.63, 3.8) is 0 Å². The molecule has 0 radical (unpaired) electrons. The smallest absolute Gasteiger partial charge is 0.278 e. The Morgan fingerprint density at radius 3 is 2.65 bits per heavy atom. The third-order valence-electron chi connectivity index (χ3n) is 3.23. The summed E-state index contributed by atoms with van der Waals surface area (Å²) >= 11 is 0. The van der Waals surface area contributed by atoms with Crippen LogP contribution in [-0.4, -0.2) is 44.7 Å². The predicted molar refractivity (Wildman–Crippen MR) is 84.7 cm³/mol. The van der Waals surface area contributed by atoms with Gasteiger partial charge in [0.25, 0.3) is 11.6 Å². The van der Waals surface area contributed by atoms with Crippen molar-refractivity contribution in [1.82, 2.24) is 10.6 Å². The molecule has 1 amide bonds. The summed E-state index contributed by atoms with van der Waals surface area (Å²) in [6.07, 6.45) is 0. The zero-order valence-electron chi connectivity index (χ0n) is 13.4. The number of nitrogens with two attached hydrogens (primary N) is 1. The number of carbonyl (C=O) groups excluding carboxylic acids is 1. The van der Waals surface area contributed by atoms with Crippen LogP contribution in [0.3, 0.4) is 0 Å². The molecule has 0 aliphatic carbocycles. The highest BCUT2D eigenvalue weighted by Crippen LogP contribution is 2.37. The molecule has 0 spiro atoms. The van der Waals surface area contributed by atoms with E-state index in [0.717, 1.165) is 0 Å². The van der Waals surface area contributed by atoms with Gasteiger partial charge in [0.2, 0.25) is 0 Å². The summed E-state index contributed by atoms with van der Waals surface area (Å²) in [6.45, 7) is 2.16. The standard InChI is InChI=1S/C14H22N4O5/c1-9(16-2)10-6-12(22-3)13(7-11(10)18(20)21)23-8-14(19)17-5-4-15/h6-7,9,16H,4-5,8,15H2,1-3H3,(H,17,19). The van der Waals surface area contributed by atoms with Crippen LogP contribution in [0.4, 0.5) is 5.69 Å². The number of nitro benzene ring substituents is 1. The lowest BCUT2D eigenvalue weighted by molar-refractivity contribution is -0.385. The molecule has 1 aromatic rings. The number of nitro groups is 1. The highest BCUT2D eigenvalue weighted by atomic mass is 16.6. The van der Waals surface area contributed by atoms with Crippen LogP contribution >= 0.6 is 0 Å². The van der Waals surface area contributed by atoms with Gasteiger partial charge in [0, 0.05) is 19.1 Å². The van der Waals surface area contributed by atoms with Crippen molar-refractivity contribution >= 4 is 11.6 Å². The Morgan fingerprint density at radius 2 is 2.13 bits per heavy atom. The molecule has 0 fully saturated rings. The van der Waals surface area contributed by atoms with Gasteiger partial charge in [-0.05, 0) is 20.0 Å². The maximum Gasteiger partial charge on any atom is 0.278 e. The van der Waals surface area contributed by atoms with Crippen LogP contribution in [0.15, 0.2) is 12.1 Å². The van der Waals surface area contributed by atoms with Gasteiger partial charge in [0.1, 0.15) is 0 Å². The number of methoxy groups -OCH3 is 1. The molecule has 1 unspecified atom stereocenters. The monoisotopic (exact) mass is 326 g/mol. The maximum absolute atomic E-state index is 11.5. The second-order valence-corrected chi connectivity index (χ2v) is 4.76. The third-order valence-corrected chi connectivity index (χ3v) is 3.23. The van der Waals surface area contributed by atoms with Crippen LogP contribution in [0.2, 0.25) is 0 Å². The van der Waals surface area contributed by atoms with Crippen LogP contribution in [0.5, 0.6) is 11.5 Å². The maximum atomic E-state index is 11.5. The Morgan fingerprint density at radius 1 is 1.43 bits per heavy atom. The predicted octanol–water partition coefficient (Wildman–Crippen LogP) is 0.338. The van der Waals surface area contributed by atoms with E-state index < -0.39 is 4.92 Å². The molecule has 9 nitrogen and oxygen atoms in total. The normalized spacial score (nSPS) is 11.7. The average Bonchev–Trinajstić information content (AvgIpc) is 2.56.